The van der Waals surface area contributed by atoms with E-state index < -0.39 is 0 Å². The fraction of sp³-hybridized carbons (Fsp3) is 0.250. The molecule has 7 heteroatoms. The lowest BCUT2D eigenvalue weighted by Gasteiger charge is -2.07. The van der Waals surface area contributed by atoms with Crippen molar-refractivity contribution in [1.82, 2.24) is 15.2 Å². The Morgan fingerprint density at radius 3 is 3.00 bits per heavy atom. The lowest BCUT2D eigenvalue weighted by molar-refractivity contribution is -0.116. The smallest absolute Gasteiger partial charge is 0.226 e. The number of rotatable bonds is 6. The van der Waals surface area contributed by atoms with Crippen molar-refractivity contribution >= 4 is 27.8 Å². The number of nitrogens with zero attached hydrogens (tertiary/aromatic N) is 2. The summed E-state index contributed by atoms with van der Waals surface area (Å²) in [5, 5.41) is 8.80. The Labute approximate surface area is 118 Å². The van der Waals surface area contributed by atoms with Crippen LogP contribution in [-0.4, -0.2) is 27.7 Å². The lowest BCUT2D eigenvalue weighted by Crippen LogP contribution is -2.13. The standard InChI is InChI=1S/C12H13BrN4O2/c13-9-4-1-2-5-10(9)19-7-3-6-11(18)16-12-14-8-15-17-12/h1-2,4-5,8H,3,6-7H2,(H2,14,15,16,17,18). The minimum Gasteiger partial charge on any atom is -0.492 e. The lowest BCUT2D eigenvalue weighted by atomic mass is 10.3. The second kappa shape index (κ2) is 6.89. The van der Waals surface area contributed by atoms with E-state index in [4.69, 9.17) is 4.74 Å². The van der Waals surface area contributed by atoms with Crippen LogP contribution in [0.4, 0.5) is 5.95 Å². The topological polar surface area (TPSA) is 79.9 Å². The average molecular weight is 325 g/mol. The Hall–Kier alpha value is -1.89. The number of carbonyl (C=O) groups excluding carboxylic acids is 1. The summed E-state index contributed by atoms with van der Waals surface area (Å²) in [4.78, 5) is 15.3. The number of amides is 1. The van der Waals surface area contributed by atoms with Crippen molar-refractivity contribution in [3.63, 3.8) is 0 Å². The fourth-order valence-corrected chi connectivity index (χ4v) is 1.84. The molecule has 6 nitrogen and oxygen atoms in total. The van der Waals surface area contributed by atoms with Crippen molar-refractivity contribution in [3.05, 3.63) is 35.1 Å². The van der Waals surface area contributed by atoms with Gasteiger partial charge in [0.15, 0.2) is 0 Å². The molecule has 0 unspecified atom stereocenters. The molecule has 1 aromatic carbocycles. The third-order valence-electron chi connectivity index (χ3n) is 2.32. The van der Waals surface area contributed by atoms with Gasteiger partial charge in [-0.05, 0) is 34.5 Å². The van der Waals surface area contributed by atoms with Gasteiger partial charge in [-0.2, -0.15) is 10.1 Å². The summed E-state index contributed by atoms with van der Waals surface area (Å²) in [6.45, 7) is 0.479. The van der Waals surface area contributed by atoms with Gasteiger partial charge in [-0.15, -0.1) is 0 Å². The van der Waals surface area contributed by atoms with Crippen molar-refractivity contribution in [2.24, 2.45) is 0 Å². The zero-order valence-electron chi connectivity index (χ0n) is 10.1. The van der Waals surface area contributed by atoms with Gasteiger partial charge in [0.25, 0.3) is 0 Å². The van der Waals surface area contributed by atoms with Gasteiger partial charge in [0.1, 0.15) is 12.1 Å². The second-order valence-corrected chi connectivity index (χ2v) is 4.62. The van der Waals surface area contributed by atoms with Crippen LogP contribution in [0.5, 0.6) is 5.75 Å². The zero-order valence-corrected chi connectivity index (χ0v) is 11.7. The summed E-state index contributed by atoms with van der Waals surface area (Å²) in [5.74, 6) is 1.02. The highest BCUT2D eigenvalue weighted by molar-refractivity contribution is 9.10. The van der Waals surface area contributed by atoms with Gasteiger partial charge in [-0.25, -0.2) is 5.10 Å². The number of halogens is 1. The van der Waals surface area contributed by atoms with Crippen LogP contribution in [0.1, 0.15) is 12.8 Å². The molecule has 2 rings (SSSR count). The zero-order chi connectivity index (χ0) is 13.5. The van der Waals surface area contributed by atoms with Gasteiger partial charge in [0.05, 0.1) is 11.1 Å². The molecular formula is C12H13BrN4O2. The van der Waals surface area contributed by atoms with E-state index in [9.17, 15) is 4.79 Å². The first-order valence-electron chi connectivity index (χ1n) is 5.78. The van der Waals surface area contributed by atoms with Gasteiger partial charge >= 0.3 is 0 Å². The van der Waals surface area contributed by atoms with Crippen LogP contribution in [-0.2, 0) is 4.79 Å². The Morgan fingerprint density at radius 1 is 1.42 bits per heavy atom. The molecule has 0 saturated carbocycles. The van der Waals surface area contributed by atoms with E-state index >= 15 is 0 Å². The molecule has 1 aromatic heterocycles. The summed E-state index contributed by atoms with van der Waals surface area (Å²) < 4.78 is 6.46. The molecule has 0 aliphatic heterocycles. The Balaban J connectivity index is 1.67. The number of nitrogens with one attached hydrogen (secondary N) is 2. The third-order valence-corrected chi connectivity index (χ3v) is 2.97. The monoisotopic (exact) mass is 324 g/mol. The number of H-pyrrole nitrogens is 1. The van der Waals surface area contributed by atoms with Crippen LogP contribution in [0.2, 0.25) is 0 Å². The quantitative estimate of drug-likeness (QED) is 0.799. The summed E-state index contributed by atoms with van der Waals surface area (Å²) in [6.07, 6.45) is 2.33. The maximum absolute atomic E-state index is 11.5. The highest BCUT2D eigenvalue weighted by Gasteiger charge is 2.04. The molecule has 2 N–H and O–H groups in total. The number of carbonyl (C=O) groups is 1. The number of benzene rings is 1. The van der Waals surface area contributed by atoms with Crippen molar-refractivity contribution in [1.29, 1.82) is 0 Å². The highest BCUT2D eigenvalue weighted by atomic mass is 79.9. The number of anilines is 1. The summed E-state index contributed by atoms with van der Waals surface area (Å²) >= 11 is 3.39. The molecule has 0 fully saturated rings. The molecule has 100 valence electrons. The van der Waals surface area contributed by atoms with E-state index in [1.165, 1.54) is 6.33 Å². The number of hydrogen-bond donors (Lipinski definition) is 2. The summed E-state index contributed by atoms with van der Waals surface area (Å²) in [6, 6.07) is 7.60. The number of hydrogen-bond acceptors (Lipinski definition) is 4. The van der Waals surface area contributed by atoms with Gasteiger partial charge in [-0.1, -0.05) is 12.1 Å². The second-order valence-electron chi connectivity index (χ2n) is 3.76. The molecule has 0 aliphatic rings. The molecule has 2 aromatic rings. The predicted molar refractivity (Wildman–Crippen MR) is 73.9 cm³/mol. The summed E-state index contributed by atoms with van der Waals surface area (Å²) in [7, 11) is 0. The molecule has 0 spiro atoms. The molecular weight excluding hydrogens is 312 g/mol. The molecule has 1 heterocycles. The SMILES string of the molecule is O=C(CCCOc1ccccc1Br)Nc1ncn[nH]1. The molecule has 0 saturated heterocycles. The maximum atomic E-state index is 11.5. The maximum Gasteiger partial charge on any atom is 0.226 e. The number of para-hydroxylation sites is 1. The van der Waals surface area contributed by atoms with E-state index in [2.05, 4.69) is 36.4 Å². The summed E-state index contributed by atoms with van der Waals surface area (Å²) in [5.41, 5.74) is 0. The first kappa shape index (κ1) is 13.5. The van der Waals surface area contributed by atoms with Crippen molar-refractivity contribution in [2.45, 2.75) is 12.8 Å². The number of ether oxygens (including phenoxy) is 1. The minimum atomic E-state index is -0.118. The normalized spacial score (nSPS) is 10.2. The largest absolute Gasteiger partial charge is 0.492 e. The Bertz CT molecular complexity index is 530. The molecule has 1 amide bonds. The molecule has 0 radical (unpaired) electrons. The van der Waals surface area contributed by atoms with Crippen LogP contribution < -0.4 is 10.1 Å². The van der Waals surface area contributed by atoms with Crippen molar-refractivity contribution in [2.75, 3.05) is 11.9 Å². The molecule has 19 heavy (non-hydrogen) atoms. The van der Waals surface area contributed by atoms with Gasteiger partial charge in [0, 0.05) is 6.42 Å². The van der Waals surface area contributed by atoms with E-state index in [1.54, 1.807) is 0 Å². The van der Waals surface area contributed by atoms with Gasteiger partial charge in [0.2, 0.25) is 11.9 Å². The van der Waals surface area contributed by atoms with E-state index in [-0.39, 0.29) is 5.91 Å². The fourth-order valence-electron chi connectivity index (χ4n) is 1.44. The van der Waals surface area contributed by atoms with Gasteiger partial charge < -0.3 is 4.74 Å². The van der Waals surface area contributed by atoms with E-state index in [0.29, 0.717) is 25.4 Å². The molecule has 0 atom stereocenters. The van der Waals surface area contributed by atoms with E-state index in [0.717, 1.165) is 10.2 Å². The van der Waals surface area contributed by atoms with Crippen LogP contribution in [0, 0.1) is 0 Å². The van der Waals surface area contributed by atoms with E-state index in [1.807, 2.05) is 24.3 Å². The van der Waals surface area contributed by atoms with Crippen LogP contribution in [0.25, 0.3) is 0 Å². The minimum absolute atomic E-state index is 0.118. The van der Waals surface area contributed by atoms with Crippen LogP contribution >= 0.6 is 15.9 Å². The van der Waals surface area contributed by atoms with Crippen molar-refractivity contribution in [3.8, 4) is 5.75 Å². The van der Waals surface area contributed by atoms with Gasteiger partial charge in [-0.3, -0.25) is 10.1 Å². The molecule has 0 aliphatic carbocycles. The van der Waals surface area contributed by atoms with Crippen LogP contribution in [0.3, 0.4) is 0 Å². The Morgan fingerprint density at radius 2 is 2.26 bits per heavy atom. The van der Waals surface area contributed by atoms with Crippen molar-refractivity contribution < 1.29 is 9.53 Å². The first-order valence-corrected chi connectivity index (χ1v) is 6.57. The Kier molecular flexibility index (Phi) is 4.91. The first-order chi connectivity index (χ1) is 9.25. The van der Waals surface area contributed by atoms with Crippen LogP contribution in [0.15, 0.2) is 35.1 Å². The highest BCUT2D eigenvalue weighted by Crippen LogP contribution is 2.23. The predicted octanol–water partition coefficient (Wildman–Crippen LogP) is 2.36. The number of aromatic amines is 1. The average Bonchev–Trinajstić information content (AvgIpc) is 2.89. The molecule has 0 bridgehead atoms. The third kappa shape index (κ3) is 4.36. The number of aromatic nitrogens is 3.